The molecule has 0 fully saturated rings. The molecule has 5 nitrogen and oxygen atoms in total. The van der Waals surface area contributed by atoms with Gasteiger partial charge in [-0.15, -0.1) is 0 Å². The Morgan fingerprint density at radius 1 is 1.58 bits per heavy atom. The van der Waals surface area contributed by atoms with Gasteiger partial charge in [0.2, 0.25) is 0 Å². The van der Waals surface area contributed by atoms with Crippen molar-refractivity contribution in [2.75, 3.05) is 6.61 Å². The van der Waals surface area contributed by atoms with Crippen LogP contribution >= 0.6 is 0 Å². The van der Waals surface area contributed by atoms with Crippen LogP contribution in [0.25, 0.3) is 11.7 Å². The third-order valence-electron chi connectivity index (χ3n) is 2.53. The number of esters is 1. The maximum atomic E-state index is 11.7. The molecule has 96 valence electrons. The highest BCUT2D eigenvalue weighted by Gasteiger charge is 2.12. The van der Waals surface area contributed by atoms with Crippen molar-refractivity contribution in [1.82, 2.24) is 9.38 Å². The highest BCUT2D eigenvalue weighted by Crippen LogP contribution is 2.11. The summed E-state index contributed by atoms with van der Waals surface area (Å²) in [5, 5.41) is 8.48. The van der Waals surface area contributed by atoms with Crippen molar-refractivity contribution in [3.05, 3.63) is 41.9 Å². The fourth-order valence-corrected chi connectivity index (χ4v) is 1.70. The normalized spacial score (nSPS) is 10.7. The Hall–Kier alpha value is -2.61. The third-order valence-corrected chi connectivity index (χ3v) is 2.53. The Morgan fingerprint density at radius 3 is 3.16 bits per heavy atom. The second kappa shape index (κ2) is 5.83. The Kier molecular flexibility index (Phi) is 3.94. The average Bonchev–Trinajstić information content (AvgIpc) is 2.82. The van der Waals surface area contributed by atoms with E-state index in [1.165, 1.54) is 6.20 Å². The summed E-state index contributed by atoms with van der Waals surface area (Å²) in [6, 6.07) is 5.73. The first kappa shape index (κ1) is 12.8. The summed E-state index contributed by atoms with van der Waals surface area (Å²) in [5.74, 6) is -0.395. The molecule has 0 saturated heterocycles. The second-order valence-electron chi connectivity index (χ2n) is 3.82. The smallest absolute Gasteiger partial charge is 0.356 e. The number of hydrogen-bond acceptors (Lipinski definition) is 4. The number of carbonyl (C=O) groups excluding carboxylic acids is 1. The third kappa shape index (κ3) is 2.80. The number of allylic oxidation sites excluding steroid dienone is 1. The molecular formula is C14H13N3O2. The van der Waals surface area contributed by atoms with Crippen molar-refractivity contribution in [1.29, 1.82) is 5.26 Å². The van der Waals surface area contributed by atoms with E-state index in [1.54, 1.807) is 23.6 Å². The summed E-state index contributed by atoms with van der Waals surface area (Å²) >= 11 is 0. The summed E-state index contributed by atoms with van der Waals surface area (Å²) in [6.07, 6.45) is 7.24. The lowest BCUT2D eigenvalue weighted by Crippen LogP contribution is -2.07. The Labute approximate surface area is 110 Å². The first-order valence-electron chi connectivity index (χ1n) is 5.94. The van der Waals surface area contributed by atoms with E-state index in [0.29, 0.717) is 24.4 Å². The van der Waals surface area contributed by atoms with Crippen LogP contribution in [0.2, 0.25) is 0 Å². The fraction of sp³-hybridized carbons (Fsp3) is 0.214. The molecule has 0 saturated carbocycles. The van der Waals surface area contributed by atoms with Crippen LogP contribution in [0.15, 0.2) is 30.6 Å². The molecule has 0 aliphatic heterocycles. The molecule has 0 N–H and O–H groups in total. The monoisotopic (exact) mass is 255 g/mol. The van der Waals surface area contributed by atoms with Gasteiger partial charge in [0.25, 0.3) is 0 Å². The molecular weight excluding hydrogens is 242 g/mol. The summed E-state index contributed by atoms with van der Waals surface area (Å²) in [6.45, 7) is 2.09. The molecule has 0 aromatic carbocycles. The zero-order valence-electron chi connectivity index (χ0n) is 10.5. The number of pyridine rings is 1. The van der Waals surface area contributed by atoms with Gasteiger partial charge in [-0.1, -0.05) is 12.2 Å². The number of fused-ring (bicyclic) bond motifs is 1. The molecule has 0 radical (unpaired) electrons. The second-order valence-corrected chi connectivity index (χ2v) is 3.82. The average molecular weight is 255 g/mol. The molecule has 19 heavy (non-hydrogen) atoms. The molecule has 0 unspecified atom stereocenters. The minimum atomic E-state index is -0.395. The van der Waals surface area contributed by atoms with Crippen molar-refractivity contribution >= 4 is 17.7 Å². The lowest BCUT2D eigenvalue weighted by molar-refractivity contribution is 0.0518. The van der Waals surface area contributed by atoms with Crippen LogP contribution in [0.4, 0.5) is 0 Å². The molecule has 0 aliphatic rings. The number of hydrogen-bond donors (Lipinski definition) is 0. The zero-order chi connectivity index (χ0) is 13.7. The Bertz CT molecular complexity index is 665. The van der Waals surface area contributed by atoms with Crippen LogP contribution in [0, 0.1) is 11.3 Å². The lowest BCUT2D eigenvalue weighted by Gasteiger charge is -2.02. The van der Waals surface area contributed by atoms with Crippen LogP contribution < -0.4 is 0 Å². The predicted molar refractivity (Wildman–Crippen MR) is 70.4 cm³/mol. The van der Waals surface area contributed by atoms with Crippen molar-refractivity contribution < 1.29 is 9.53 Å². The van der Waals surface area contributed by atoms with Crippen LogP contribution in [-0.4, -0.2) is 22.0 Å². The number of ether oxygens (including phenoxy) is 1. The highest BCUT2D eigenvalue weighted by atomic mass is 16.5. The number of nitrogens with zero attached hydrogens (tertiary/aromatic N) is 3. The topological polar surface area (TPSA) is 67.4 Å². The van der Waals surface area contributed by atoms with Crippen molar-refractivity contribution in [2.24, 2.45) is 0 Å². The SMILES string of the molecule is CCOC(=O)c1cnc2ccc(C=CCC#N)cn12. The summed E-state index contributed by atoms with van der Waals surface area (Å²) in [7, 11) is 0. The quantitative estimate of drug-likeness (QED) is 0.787. The van der Waals surface area contributed by atoms with Gasteiger partial charge in [0, 0.05) is 6.20 Å². The minimum Gasteiger partial charge on any atom is -0.461 e. The highest BCUT2D eigenvalue weighted by molar-refractivity contribution is 5.88. The van der Waals surface area contributed by atoms with Gasteiger partial charge < -0.3 is 4.74 Å². The molecule has 2 rings (SSSR count). The van der Waals surface area contributed by atoms with E-state index in [0.717, 1.165) is 5.56 Å². The van der Waals surface area contributed by atoms with Gasteiger partial charge in [0.1, 0.15) is 5.65 Å². The predicted octanol–water partition coefficient (Wildman–Crippen LogP) is 2.44. The van der Waals surface area contributed by atoms with E-state index in [-0.39, 0.29) is 0 Å². The lowest BCUT2D eigenvalue weighted by atomic mass is 10.2. The van der Waals surface area contributed by atoms with Gasteiger partial charge in [-0.05, 0) is 24.6 Å². The fourth-order valence-electron chi connectivity index (χ4n) is 1.70. The standard InChI is InChI=1S/C14H13N3O2/c1-2-19-14(18)12-9-16-13-7-6-11(10-17(12)13)5-3-4-8-15/h3,5-7,9-10H,2,4H2,1H3. The summed E-state index contributed by atoms with van der Waals surface area (Å²) in [4.78, 5) is 15.9. The number of aromatic nitrogens is 2. The molecule has 2 aromatic heterocycles. The molecule has 2 aromatic rings. The number of carbonyl (C=O) groups is 1. The van der Waals surface area contributed by atoms with E-state index in [2.05, 4.69) is 4.98 Å². The van der Waals surface area contributed by atoms with Crippen molar-refractivity contribution in [2.45, 2.75) is 13.3 Å². The minimum absolute atomic E-state index is 0.327. The molecule has 0 atom stereocenters. The maximum absolute atomic E-state index is 11.7. The van der Waals surface area contributed by atoms with Gasteiger partial charge in [-0.25, -0.2) is 9.78 Å². The Balaban J connectivity index is 2.37. The van der Waals surface area contributed by atoms with Crippen LogP contribution in [0.5, 0.6) is 0 Å². The number of imidazole rings is 1. The molecule has 2 heterocycles. The first-order valence-corrected chi connectivity index (χ1v) is 5.94. The van der Waals surface area contributed by atoms with E-state index < -0.39 is 5.97 Å². The molecule has 0 bridgehead atoms. The molecule has 0 aliphatic carbocycles. The van der Waals surface area contributed by atoms with E-state index >= 15 is 0 Å². The van der Waals surface area contributed by atoms with Crippen LogP contribution in [0.1, 0.15) is 29.4 Å². The van der Waals surface area contributed by atoms with Gasteiger partial charge in [-0.2, -0.15) is 5.26 Å². The summed E-state index contributed by atoms with van der Waals surface area (Å²) in [5.41, 5.74) is 1.97. The van der Waals surface area contributed by atoms with Crippen LogP contribution in [-0.2, 0) is 4.74 Å². The summed E-state index contributed by atoms with van der Waals surface area (Å²) < 4.78 is 6.66. The maximum Gasteiger partial charge on any atom is 0.356 e. The van der Waals surface area contributed by atoms with Gasteiger partial charge in [0.05, 0.1) is 25.3 Å². The van der Waals surface area contributed by atoms with E-state index in [4.69, 9.17) is 10.00 Å². The number of nitriles is 1. The largest absolute Gasteiger partial charge is 0.461 e. The van der Waals surface area contributed by atoms with Gasteiger partial charge >= 0.3 is 5.97 Å². The van der Waals surface area contributed by atoms with E-state index in [9.17, 15) is 4.79 Å². The van der Waals surface area contributed by atoms with Gasteiger partial charge in [-0.3, -0.25) is 4.40 Å². The van der Waals surface area contributed by atoms with Gasteiger partial charge in [0.15, 0.2) is 5.69 Å². The van der Waals surface area contributed by atoms with Crippen LogP contribution in [0.3, 0.4) is 0 Å². The number of rotatable bonds is 4. The zero-order valence-corrected chi connectivity index (χ0v) is 10.5. The first-order chi connectivity index (χ1) is 9.26. The van der Waals surface area contributed by atoms with Crippen molar-refractivity contribution in [3.8, 4) is 6.07 Å². The molecule has 5 heteroatoms. The molecule has 0 spiro atoms. The van der Waals surface area contributed by atoms with E-state index in [1.807, 2.05) is 24.3 Å². The Morgan fingerprint density at radius 2 is 2.42 bits per heavy atom. The van der Waals surface area contributed by atoms with Crippen molar-refractivity contribution in [3.63, 3.8) is 0 Å². The molecule has 0 amide bonds.